The molecule has 1 rings (SSSR count). The van der Waals surface area contributed by atoms with Gasteiger partial charge in [-0.2, -0.15) is 8.42 Å². The maximum atomic E-state index is 12.7. The van der Waals surface area contributed by atoms with Gasteiger partial charge in [0.05, 0.1) is 19.0 Å². The predicted molar refractivity (Wildman–Crippen MR) is 66.8 cm³/mol. The second-order valence-corrected chi connectivity index (χ2v) is 5.52. The fraction of sp³-hybridized carbons (Fsp3) is 0.500. The van der Waals surface area contributed by atoms with Crippen LogP contribution in [0.4, 0.5) is 4.39 Å². The quantitative estimate of drug-likeness (QED) is 0.749. The van der Waals surface area contributed by atoms with Gasteiger partial charge in [-0.15, -0.1) is 0 Å². The van der Waals surface area contributed by atoms with Gasteiger partial charge >= 0.3 is 0 Å². The van der Waals surface area contributed by atoms with E-state index in [9.17, 15) is 12.8 Å². The van der Waals surface area contributed by atoms with Crippen LogP contribution in [0.2, 0.25) is 0 Å². The predicted octanol–water partition coefficient (Wildman–Crippen LogP) is 2.59. The van der Waals surface area contributed by atoms with Crippen molar-refractivity contribution < 1.29 is 21.7 Å². The lowest BCUT2D eigenvalue weighted by molar-refractivity contribution is 0.235. The van der Waals surface area contributed by atoms with E-state index < -0.39 is 22.9 Å². The van der Waals surface area contributed by atoms with Crippen LogP contribution in [0.5, 0.6) is 5.75 Å². The molecular weight excluding hydrogens is 259 g/mol. The van der Waals surface area contributed by atoms with Crippen LogP contribution in [-0.4, -0.2) is 21.3 Å². The lowest BCUT2D eigenvalue weighted by Crippen LogP contribution is -2.08. The van der Waals surface area contributed by atoms with Crippen LogP contribution >= 0.6 is 0 Å². The Morgan fingerprint density at radius 3 is 2.50 bits per heavy atom. The third-order valence-corrected chi connectivity index (χ3v) is 2.88. The molecule has 0 fully saturated rings. The van der Waals surface area contributed by atoms with Gasteiger partial charge in [-0.05, 0) is 37.1 Å². The van der Waals surface area contributed by atoms with Gasteiger partial charge in [0.1, 0.15) is 12.4 Å². The first-order valence-electron chi connectivity index (χ1n) is 5.56. The van der Waals surface area contributed by atoms with Gasteiger partial charge in [0.2, 0.25) is 0 Å². The molecule has 1 aromatic carbocycles. The smallest absolute Gasteiger partial charge is 0.264 e. The van der Waals surface area contributed by atoms with Crippen molar-refractivity contribution in [1.82, 2.24) is 0 Å². The van der Waals surface area contributed by atoms with Gasteiger partial charge < -0.3 is 4.74 Å². The van der Waals surface area contributed by atoms with E-state index in [4.69, 9.17) is 8.92 Å². The van der Waals surface area contributed by atoms with Crippen molar-refractivity contribution in [3.05, 3.63) is 29.3 Å². The van der Waals surface area contributed by atoms with E-state index in [1.165, 1.54) is 0 Å². The molecule has 0 saturated heterocycles. The molecular formula is C12H17FO4S. The van der Waals surface area contributed by atoms with Gasteiger partial charge in [0.25, 0.3) is 10.1 Å². The molecule has 0 aromatic heterocycles. The largest absolute Gasteiger partial charge is 0.494 e. The SMILES string of the molecule is CCOc1cc(CF)cc(C(C)OS(C)(=O)=O)c1. The lowest BCUT2D eigenvalue weighted by atomic mass is 10.1. The van der Waals surface area contributed by atoms with Crippen LogP contribution in [-0.2, 0) is 21.0 Å². The highest BCUT2D eigenvalue weighted by Gasteiger charge is 2.14. The van der Waals surface area contributed by atoms with Gasteiger partial charge in [-0.25, -0.2) is 4.39 Å². The Labute approximate surface area is 107 Å². The van der Waals surface area contributed by atoms with Crippen LogP contribution in [0.25, 0.3) is 0 Å². The summed E-state index contributed by atoms with van der Waals surface area (Å²) in [5, 5.41) is 0. The summed E-state index contributed by atoms with van der Waals surface area (Å²) in [6.45, 7) is 3.22. The molecule has 0 aliphatic carbocycles. The molecule has 18 heavy (non-hydrogen) atoms. The molecule has 0 saturated carbocycles. The number of rotatable bonds is 6. The van der Waals surface area contributed by atoms with E-state index in [0.717, 1.165) is 6.26 Å². The average Bonchev–Trinajstić information content (AvgIpc) is 2.26. The summed E-state index contributed by atoms with van der Waals surface area (Å²) in [4.78, 5) is 0. The summed E-state index contributed by atoms with van der Waals surface area (Å²) < 4.78 is 45.0. The fourth-order valence-corrected chi connectivity index (χ4v) is 2.20. The fourth-order valence-electron chi connectivity index (χ4n) is 1.57. The van der Waals surface area contributed by atoms with Crippen LogP contribution in [0.1, 0.15) is 31.1 Å². The highest BCUT2D eigenvalue weighted by molar-refractivity contribution is 7.86. The van der Waals surface area contributed by atoms with Crippen molar-refractivity contribution in [3.8, 4) is 5.75 Å². The minimum Gasteiger partial charge on any atom is -0.494 e. The summed E-state index contributed by atoms with van der Waals surface area (Å²) in [6, 6.07) is 4.80. The molecule has 0 spiro atoms. The zero-order chi connectivity index (χ0) is 13.8. The molecule has 0 bridgehead atoms. The van der Waals surface area contributed by atoms with E-state index >= 15 is 0 Å². The number of alkyl halides is 1. The minimum absolute atomic E-state index is 0.430. The van der Waals surface area contributed by atoms with Crippen molar-refractivity contribution >= 4 is 10.1 Å². The van der Waals surface area contributed by atoms with Crippen molar-refractivity contribution in [2.75, 3.05) is 12.9 Å². The van der Waals surface area contributed by atoms with Crippen molar-refractivity contribution in [3.63, 3.8) is 0 Å². The molecule has 0 aliphatic rings. The first-order valence-corrected chi connectivity index (χ1v) is 7.38. The first-order chi connectivity index (χ1) is 8.35. The highest BCUT2D eigenvalue weighted by Crippen LogP contribution is 2.25. The maximum Gasteiger partial charge on any atom is 0.264 e. The van der Waals surface area contributed by atoms with Gasteiger partial charge in [0, 0.05) is 0 Å². The molecule has 1 aromatic rings. The van der Waals surface area contributed by atoms with Crippen LogP contribution in [0.15, 0.2) is 18.2 Å². The minimum atomic E-state index is -3.55. The topological polar surface area (TPSA) is 52.6 Å². The van der Waals surface area contributed by atoms with E-state index in [2.05, 4.69) is 0 Å². The number of ether oxygens (including phenoxy) is 1. The number of hydrogen-bond acceptors (Lipinski definition) is 4. The third-order valence-electron chi connectivity index (χ3n) is 2.24. The monoisotopic (exact) mass is 276 g/mol. The second kappa shape index (κ2) is 6.15. The zero-order valence-corrected chi connectivity index (χ0v) is 11.5. The molecule has 1 atom stereocenters. The van der Waals surface area contributed by atoms with Crippen molar-refractivity contribution in [2.45, 2.75) is 26.6 Å². The Morgan fingerprint density at radius 2 is 2.00 bits per heavy atom. The first kappa shape index (κ1) is 14.9. The Bertz CT molecular complexity index is 499. The zero-order valence-electron chi connectivity index (χ0n) is 10.6. The third kappa shape index (κ3) is 4.62. The standard InChI is InChI=1S/C12H17FO4S/c1-4-16-12-6-10(8-13)5-11(7-12)9(2)17-18(3,14)15/h5-7,9H,4,8H2,1-3H3. The second-order valence-electron chi connectivity index (χ2n) is 3.92. The highest BCUT2D eigenvalue weighted by atomic mass is 32.2. The summed E-state index contributed by atoms with van der Waals surface area (Å²) in [6.07, 6.45) is 0.303. The van der Waals surface area contributed by atoms with Gasteiger partial charge in [0.15, 0.2) is 0 Å². The van der Waals surface area contributed by atoms with Crippen LogP contribution in [0.3, 0.4) is 0 Å². The van der Waals surface area contributed by atoms with Crippen LogP contribution in [0, 0.1) is 0 Å². The number of hydrogen-bond donors (Lipinski definition) is 0. The Morgan fingerprint density at radius 1 is 1.33 bits per heavy atom. The number of halogens is 1. The van der Waals surface area contributed by atoms with Gasteiger partial charge in [-0.1, -0.05) is 6.07 Å². The molecule has 0 radical (unpaired) electrons. The van der Waals surface area contributed by atoms with E-state index in [1.807, 2.05) is 6.92 Å². The normalized spacial score (nSPS) is 13.3. The number of benzene rings is 1. The summed E-state index contributed by atoms with van der Waals surface area (Å²) in [5.41, 5.74) is 0.999. The molecule has 102 valence electrons. The average molecular weight is 276 g/mol. The Hall–Kier alpha value is -1.14. The summed E-state index contributed by atoms with van der Waals surface area (Å²) >= 11 is 0. The van der Waals surface area contributed by atoms with E-state index in [-0.39, 0.29) is 0 Å². The van der Waals surface area contributed by atoms with E-state index in [0.29, 0.717) is 23.5 Å². The van der Waals surface area contributed by atoms with Crippen molar-refractivity contribution in [1.29, 1.82) is 0 Å². The Balaban J connectivity index is 3.03. The van der Waals surface area contributed by atoms with Crippen molar-refractivity contribution in [2.24, 2.45) is 0 Å². The molecule has 4 nitrogen and oxygen atoms in total. The maximum absolute atomic E-state index is 12.7. The molecule has 0 heterocycles. The molecule has 0 amide bonds. The lowest BCUT2D eigenvalue weighted by Gasteiger charge is -2.14. The summed E-state index contributed by atoms with van der Waals surface area (Å²) in [5.74, 6) is 0.506. The molecule has 1 unspecified atom stereocenters. The summed E-state index contributed by atoms with van der Waals surface area (Å²) in [7, 11) is -3.55. The van der Waals surface area contributed by atoms with Crippen LogP contribution < -0.4 is 4.74 Å². The molecule has 0 N–H and O–H groups in total. The van der Waals surface area contributed by atoms with Gasteiger partial charge in [-0.3, -0.25) is 4.18 Å². The van der Waals surface area contributed by atoms with E-state index in [1.54, 1.807) is 25.1 Å². The molecule has 0 aliphatic heterocycles. The Kier molecular flexibility index (Phi) is 5.10. The molecule has 6 heteroatoms.